The molecule has 124 valence electrons. The van der Waals surface area contributed by atoms with Crippen LogP contribution in [0.15, 0.2) is 0 Å². The van der Waals surface area contributed by atoms with Crippen molar-refractivity contribution in [1.29, 1.82) is 0 Å². The third-order valence-corrected chi connectivity index (χ3v) is 4.34. The third kappa shape index (κ3) is 5.93. The quantitative estimate of drug-likeness (QED) is 0.767. The Labute approximate surface area is 129 Å². The van der Waals surface area contributed by atoms with Crippen LogP contribution >= 0.6 is 0 Å². The molecule has 2 atom stereocenters. The molecule has 0 aromatic heterocycles. The maximum Gasteiger partial charge on any atom is 0.239 e. The van der Waals surface area contributed by atoms with Crippen molar-refractivity contribution in [2.45, 2.75) is 40.2 Å². The average molecular weight is 299 g/mol. The SMILES string of the molecule is CCC(C)C(N)C(=O)N(C)CC(C)(C)CN1CCOCC1. The lowest BCUT2D eigenvalue weighted by molar-refractivity contribution is -0.134. The summed E-state index contributed by atoms with van der Waals surface area (Å²) in [7, 11) is 1.87. The van der Waals surface area contributed by atoms with Crippen LogP contribution in [0.1, 0.15) is 34.1 Å². The number of nitrogens with two attached hydrogens (primary N) is 1. The molecule has 0 bridgehead atoms. The minimum atomic E-state index is -0.390. The number of nitrogens with zero attached hydrogens (tertiary/aromatic N) is 2. The topological polar surface area (TPSA) is 58.8 Å². The Kier molecular flexibility index (Phi) is 7.10. The fourth-order valence-electron chi connectivity index (χ4n) is 2.89. The van der Waals surface area contributed by atoms with Crippen molar-refractivity contribution in [2.24, 2.45) is 17.1 Å². The van der Waals surface area contributed by atoms with E-state index >= 15 is 0 Å². The van der Waals surface area contributed by atoms with Crippen LogP contribution in [0.25, 0.3) is 0 Å². The van der Waals surface area contributed by atoms with Gasteiger partial charge in [-0.1, -0.05) is 34.1 Å². The minimum Gasteiger partial charge on any atom is -0.379 e. The van der Waals surface area contributed by atoms with Crippen LogP contribution in [-0.4, -0.2) is 68.2 Å². The van der Waals surface area contributed by atoms with Gasteiger partial charge in [0.05, 0.1) is 19.3 Å². The van der Waals surface area contributed by atoms with Crippen molar-refractivity contribution in [3.63, 3.8) is 0 Å². The molecule has 0 aromatic carbocycles. The van der Waals surface area contributed by atoms with Gasteiger partial charge in [-0.25, -0.2) is 0 Å². The van der Waals surface area contributed by atoms with E-state index in [2.05, 4.69) is 25.7 Å². The first-order valence-corrected chi connectivity index (χ1v) is 8.07. The largest absolute Gasteiger partial charge is 0.379 e. The van der Waals surface area contributed by atoms with Crippen LogP contribution < -0.4 is 5.73 Å². The Hall–Kier alpha value is -0.650. The van der Waals surface area contributed by atoms with Crippen molar-refractivity contribution < 1.29 is 9.53 Å². The summed E-state index contributed by atoms with van der Waals surface area (Å²) in [5.74, 6) is 0.279. The number of likely N-dealkylation sites (N-methyl/N-ethyl adjacent to an activating group) is 1. The zero-order chi connectivity index (χ0) is 16.0. The Balaban J connectivity index is 2.50. The lowest BCUT2D eigenvalue weighted by atomic mass is 9.91. The maximum absolute atomic E-state index is 12.4. The maximum atomic E-state index is 12.4. The van der Waals surface area contributed by atoms with Crippen molar-refractivity contribution in [1.82, 2.24) is 9.80 Å². The molecule has 1 aliphatic heterocycles. The van der Waals surface area contributed by atoms with Crippen molar-refractivity contribution in [3.8, 4) is 0 Å². The number of carbonyl (C=O) groups excluding carboxylic acids is 1. The number of hydrogen-bond acceptors (Lipinski definition) is 4. The van der Waals surface area contributed by atoms with Crippen LogP contribution in [0.4, 0.5) is 0 Å². The second-order valence-electron chi connectivity index (χ2n) is 7.16. The number of amides is 1. The lowest BCUT2D eigenvalue weighted by Crippen LogP contribution is -2.50. The van der Waals surface area contributed by atoms with E-state index in [4.69, 9.17) is 10.5 Å². The number of rotatable bonds is 7. The van der Waals surface area contributed by atoms with Crippen LogP contribution in [0.5, 0.6) is 0 Å². The van der Waals surface area contributed by atoms with E-state index in [1.807, 2.05) is 14.0 Å². The molecule has 0 radical (unpaired) electrons. The summed E-state index contributed by atoms with van der Waals surface area (Å²) in [6.45, 7) is 13.8. The molecule has 0 spiro atoms. The van der Waals surface area contributed by atoms with Gasteiger partial charge >= 0.3 is 0 Å². The molecule has 5 heteroatoms. The number of ether oxygens (including phenoxy) is 1. The zero-order valence-corrected chi connectivity index (χ0v) is 14.4. The summed E-state index contributed by atoms with van der Waals surface area (Å²) < 4.78 is 5.38. The summed E-state index contributed by atoms with van der Waals surface area (Å²) in [6.07, 6.45) is 0.928. The van der Waals surface area contributed by atoms with Crippen molar-refractivity contribution in [2.75, 3.05) is 46.4 Å². The highest BCUT2D eigenvalue weighted by atomic mass is 16.5. The summed E-state index contributed by atoms with van der Waals surface area (Å²) in [4.78, 5) is 16.6. The predicted molar refractivity (Wildman–Crippen MR) is 86.1 cm³/mol. The number of carbonyl (C=O) groups is 1. The first kappa shape index (κ1) is 18.4. The van der Waals surface area contributed by atoms with Gasteiger partial charge in [0.15, 0.2) is 0 Å². The Morgan fingerprint density at radius 3 is 2.48 bits per heavy atom. The van der Waals surface area contributed by atoms with Gasteiger partial charge in [-0.05, 0) is 11.3 Å². The van der Waals surface area contributed by atoms with E-state index in [-0.39, 0.29) is 23.3 Å². The smallest absolute Gasteiger partial charge is 0.239 e. The van der Waals surface area contributed by atoms with Gasteiger partial charge in [-0.2, -0.15) is 0 Å². The van der Waals surface area contributed by atoms with Gasteiger partial charge in [-0.15, -0.1) is 0 Å². The van der Waals surface area contributed by atoms with E-state index in [0.29, 0.717) is 0 Å². The Morgan fingerprint density at radius 1 is 1.38 bits per heavy atom. The second-order valence-corrected chi connectivity index (χ2v) is 7.16. The molecule has 5 nitrogen and oxygen atoms in total. The van der Waals surface area contributed by atoms with Crippen molar-refractivity contribution >= 4 is 5.91 Å². The van der Waals surface area contributed by atoms with Gasteiger partial charge in [0.2, 0.25) is 5.91 Å². The van der Waals surface area contributed by atoms with Gasteiger partial charge < -0.3 is 15.4 Å². The molecule has 0 aliphatic carbocycles. The molecule has 1 saturated heterocycles. The summed E-state index contributed by atoms with van der Waals surface area (Å²) in [5.41, 5.74) is 6.11. The molecule has 1 heterocycles. The van der Waals surface area contributed by atoms with Gasteiger partial charge in [0.1, 0.15) is 0 Å². The van der Waals surface area contributed by atoms with Gasteiger partial charge in [0, 0.05) is 33.2 Å². The van der Waals surface area contributed by atoms with E-state index in [1.165, 1.54) is 0 Å². The summed E-state index contributed by atoms with van der Waals surface area (Å²) in [5, 5.41) is 0. The second kappa shape index (κ2) is 8.11. The number of morpholine rings is 1. The monoisotopic (exact) mass is 299 g/mol. The van der Waals surface area contributed by atoms with Crippen LogP contribution in [0.2, 0.25) is 0 Å². The third-order valence-electron chi connectivity index (χ3n) is 4.34. The van der Waals surface area contributed by atoms with E-state index < -0.39 is 0 Å². The first-order chi connectivity index (χ1) is 9.76. The molecule has 2 N–H and O–H groups in total. The Morgan fingerprint density at radius 2 is 1.95 bits per heavy atom. The Bertz CT molecular complexity index is 327. The predicted octanol–water partition coefficient (Wildman–Crippen LogP) is 1.18. The van der Waals surface area contributed by atoms with Crippen LogP contribution in [-0.2, 0) is 9.53 Å². The van der Waals surface area contributed by atoms with Crippen LogP contribution in [0, 0.1) is 11.3 Å². The number of hydrogen-bond donors (Lipinski definition) is 1. The molecule has 1 aliphatic rings. The summed E-state index contributed by atoms with van der Waals surface area (Å²) >= 11 is 0. The molecule has 1 rings (SSSR count). The highest BCUT2D eigenvalue weighted by Gasteiger charge is 2.29. The molecule has 0 saturated carbocycles. The van der Waals surface area contributed by atoms with Gasteiger partial charge in [0.25, 0.3) is 0 Å². The molecular weight excluding hydrogens is 266 g/mol. The molecular formula is C16H33N3O2. The standard InChI is InChI=1S/C16H33N3O2/c1-6-13(2)14(17)15(20)18(5)11-16(3,4)12-19-7-9-21-10-8-19/h13-14H,6-12,17H2,1-5H3. The highest BCUT2D eigenvalue weighted by Crippen LogP contribution is 2.20. The lowest BCUT2D eigenvalue weighted by Gasteiger charge is -2.37. The average Bonchev–Trinajstić information content (AvgIpc) is 2.44. The molecule has 2 unspecified atom stereocenters. The normalized spacial score (nSPS) is 20.1. The molecule has 21 heavy (non-hydrogen) atoms. The fraction of sp³-hybridized carbons (Fsp3) is 0.938. The molecule has 1 fully saturated rings. The summed E-state index contributed by atoms with van der Waals surface area (Å²) in [6, 6.07) is -0.390. The van der Waals surface area contributed by atoms with E-state index in [9.17, 15) is 4.79 Å². The molecule has 1 amide bonds. The minimum absolute atomic E-state index is 0.0525. The van der Waals surface area contributed by atoms with Crippen LogP contribution in [0.3, 0.4) is 0 Å². The van der Waals surface area contributed by atoms with E-state index in [1.54, 1.807) is 4.90 Å². The highest BCUT2D eigenvalue weighted by molar-refractivity contribution is 5.81. The molecule has 0 aromatic rings. The zero-order valence-electron chi connectivity index (χ0n) is 14.4. The van der Waals surface area contributed by atoms with E-state index in [0.717, 1.165) is 45.8 Å². The fourth-order valence-corrected chi connectivity index (χ4v) is 2.89. The van der Waals surface area contributed by atoms with Gasteiger partial charge in [-0.3, -0.25) is 9.69 Å². The first-order valence-electron chi connectivity index (χ1n) is 8.07. The van der Waals surface area contributed by atoms with Crippen molar-refractivity contribution in [3.05, 3.63) is 0 Å².